The summed E-state index contributed by atoms with van der Waals surface area (Å²) in [6, 6.07) is 40.5. The van der Waals surface area contributed by atoms with E-state index in [2.05, 4.69) is 109 Å². The van der Waals surface area contributed by atoms with E-state index in [4.69, 9.17) is 0 Å². The van der Waals surface area contributed by atoms with Crippen molar-refractivity contribution in [2.24, 2.45) is 0 Å². The monoisotopic (exact) mass is 402 g/mol. The smallest absolute Gasteiger partial charge is 0.00259 e. The van der Waals surface area contributed by atoms with Gasteiger partial charge in [0.1, 0.15) is 0 Å². The van der Waals surface area contributed by atoms with E-state index in [0.717, 1.165) is 0 Å². The molecule has 2 aliphatic rings. The topological polar surface area (TPSA) is 0 Å². The minimum atomic E-state index is 1.28. The van der Waals surface area contributed by atoms with Crippen LogP contribution < -0.4 is 0 Å². The van der Waals surface area contributed by atoms with Gasteiger partial charge in [-0.1, -0.05) is 91.0 Å². The Morgan fingerprint density at radius 3 is 1.56 bits per heavy atom. The molecule has 0 bridgehead atoms. The first kappa shape index (κ1) is 16.5. The molecule has 0 fully saturated rings. The summed E-state index contributed by atoms with van der Waals surface area (Å²) in [6.07, 6.45) is 0. The lowest BCUT2D eigenvalue weighted by Gasteiger charge is -2.10. The van der Waals surface area contributed by atoms with Crippen LogP contribution in [0.4, 0.5) is 0 Å². The second-order valence-corrected chi connectivity index (χ2v) is 8.94. The average molecular weight is 402 g/mol. The van der Waals surface area contributed by atoms with Crippen LogP contribution in [0.2, 0.25) is 0 Å². The second-order valence-electron chi connectivity index (χ2n) is 8.94. The van der Waals surface area contributed by atoms with Crippen molar-refractivity contribution in [2.75, 3.05) is 0 Å². The molecule has 32 heavy (non-hydrogen) atoms. The molecule has 0 radical (unpaired) electrons. The van der Waals surface area contributed by atoms with Crippen LogP contribution in [-0.4, -0.2) is 0 Å². The number of hydrogen-bond acceptors (Lipinski definition) is 0. The van der Waals surface area contributed by atoms with Gasteiger partial charge in [0.05, 0.1) is 0 Å². The highest BCUT2D eigenvalue weighted by atomic mass is 14.3. The summed E-state index contributed by atoms with van der Waals surface area (Å²) in [5, 5.41) is 5.41. The molecule has 0 nitrogen and oxygen atoms in total. The highest BCUT2D eigenvalue weighted by Gasteiger charge is 2.23. The first-order valence-corrected chi connectivity index (χ1v) is 11.2. The van der Waals surface area contributed by atoms with Gasteiger partial charge in [-0.25, -0.2) is 0 Å². The van der Waals surface area contributed by atoms with E-state index in [1.165, 1.54) is 77.2 Å². The molecule has 0 heterocycles. The summed E-state index contributed by atoms with van der Waals surface area (Å²) in [5.41, 5.74) is 13.4. The maximum absolute atomic E-state index is 2.39. The minimum Gasteiger partial charge on any atom is -0.0616 e. The zero-order valence-electron chi connectivity index (χ0n) is 17.4. The maximum atomic E-state index is 2.39. The molecule has 0 heteroatoms. The fourth-order valence-electron chi connectivity index (χ4n) is 5.96. The Hall–Kier alpha value is -4.16. The van der Waals surface area contributed by atoms with Crippen molar-refractivity contribution < 1.29 is 0 Å². The Morgan fingerprint density at radius 1 is 0.281 bits per heavy atom. The van der Waals surface area contributed by atoms with Gasteiger partial charge in [-0.15, -0.1) is 0 Å². The molecule has 0 aliphatic heterocycles. The predicted molar refractivity (Wildman–Crippen MR) is 136 cm³/mol. The maximum Gasteiger partial charge on any atom is -0.00259 e. The van der Waals surface area contributed by atoms with Crippen molar-refractivity contribution in [3.63, 3.8) is 0 Å². The van der Waals surface area contributed by atoms with Crippen LogP contribution in [0.1, 0.15) is 0 Å². The molecule has 0 amide bonds. The standard InChI is InChI=1S/C32H18/c1-2-10-24-23(9-1)26-12-5-8-21-16-22(18-30(24)32(21)26)20-14-15-25-27-11-3-6-19-7-4-13-28(31(19)27)29(25)17-20/h1-18H. The molecular formula is C32H18. The zero-order valence-corrected chi connectivity index (χ0v) is 17.4. The number of rotatable bonds is 1. The number of hydrogen-bond donors (Lipinski definition) is 0. The summed E-state index contributed by atoms with van der Waals surface area (Å²) in [4.78, 5) is 0. The molecule has 6 aromatic carbocycles. The Bertz CT molecular complexity index is 1760. The molecule has 0 N–H and O–H groups in total. The van der Waals surface area contributed by atoms with E-state index in [0.29, 0.717) is 0 Å². The third-order valence-electron chi connectivity index (χ3n) is 7.32. The van der Waals surface area contributed by atoms with Gasteiger partial charge in [0.15, 0.2) is 0 Å². The van der Waals surface area contributed by atoms with Crippen LogP contribution in [-0.2, 0) is 0 Å². The molecule has 6 aromatic rings. The molecular weight excluding hydrogens is 384 g/mol. The van der Waals surface area contributed by atoms with Crippen LogP contribution in [0.15, 0.2) is 109 Å². The van der Waals surface area contributed by atoms with Crippen molar-refractivity contribution in [1.29, 1.82) is 0 Å². The van der Waals surface area contributed by atoms with E-state index >= 15 is 0 Å². The lowest BCUT2D eigenvalue weighted by Crippen LogP contribution is -1.84. The molecule has 0 aromatic heterocycles. The molecule has 0 unspecified atom stereocenters. The summed E-state index contributed by atoms with van der Waals surface area (Å²) >= 11 is 0. The fraction of sp³-hybridized carbons (Fsp3) is 0. The molecule has 146 valence electrons. The SMILES string of the molecule is c1ccc2c(c1)-c1cccc3cc(-c4ccc5c(c4)-c4cccc6cccc-5c46)cc-2c13. The Labute approximate surface area is 186 Å². The predicted octanol–water partition coefficient (Wildman–Crippen LogP) is 8.95. The number of fused-ring (bicyclic) bond motifs is 6. The van der Waals surface area contributed by atoms with Gasteiger partial charge in [0.25, 0.3) is 0 Å². The highest BCUT2D eigenvalue weighted by Crippen LogP contribution is 2.50. The summed E-state index contributed by atoms with van der Waals surface area (Å²) in [7, 11) is 0. The third-order valence-corrected chi connectivity index (χ3v) is 7.32. The zero-order chi connectivity index (χ0) is 20.8. The van der Waals surface area contributed by atoms with E-state index < -0.39 is 0 Å². The molecule has 8 rings (SSSR count). The van der Waals surface area contributed by atoms with Crippen LogP contribution in [0.25, 0.3) is 77.2 Å². The average Bonchev–Trinajstić information content (AvgIpc) is 3.35. The van der Waals surface area contributed by atoms with Crippen LogP contribution in [0.3, 0.4) is 0 Å². The van der Waals surface area contributed by atoms with Gasteiger partial charge >= 0.3 is 0 Å². The molecule has 2 aliphatic carbocycles. The normalized spacial score (nSPS) is 12.4. The van der Waals surface area contributed by atoms with Gasteiger partial charge in [0.2, 0.25) is 0 Å². The lowest BCUT2D eigenvalue weighted by atomic mass is 9.93. The first-order chi connectivity index (χ1) is 15.9. The van der Waals surface area contributed by atoms with E-state index in [1.807, 2.05) is 0 Å². The Morgan fingerprint density at radius 2 is 0.812 bits per heavy atom. The van der Waals surface area contributed by atoms with Gasteiger partial charge in [-0.3, -0.25) is 0 Å². The summed E-state index contributed by atoms with van der Waals surface area (Å²) < 4.78 is 0. The second kappa shape index (κ2) is 5.75. The third kappa shape index (κ3) is 1.98. The van der Waals surface area contributed by atoms with Gasteiger partial charge < -0.3 is 0 Å². The van der Waals surface area contributed by atoms with Gasteiger partial charge in [0, 0.05) is 0 Å². The first-order valence-electron chi connectivity index (χ1n) is 11.2. The lowest BCUT2D eigenvalue weighted by molar-refractivity contribution is 1.64. The molecule has 0 spiro atoms. The van der Waals surface area contributed by atoms with Crippen molar-refractivity contribution in [1.82, 2.24) is 0 Å². The largest absolute Gasteiger partial charge is 0.0616 e. The van der Waals surface area contributed by atoms with E-state index in [-0.39, 0.29) is 0 Å². The molecule has 0 atom stereocenters. The van der Waals surface area contributed by atoms with Crippen molar-refractivity contribution in [3.05, 3.63) is 109 Å². The Kier molecular flexibility index (Phi) is 2.97. The number of benzene rings is 6. The molecule has 0 saturated heterocycles. The molecule has 0 saturated carbocycles. The minimum absolute atomic E-state index is 1.28. The Balaban J connectivity index is 1.39. The van der Waals surface area contributed by atoms with Gasteiger partial charge in [-0.05, 0) is 95.4 Å². The van der Waals surface area contributed by atoms with Crippen LogP contribution >= 0.6 is 0 Å². The fourth-order valence-corrected chi connectivity index (χ4v) is 5.96. The summed E-state index contributed by atoms with van der Waals surface area (Å²) in [6.45, 7) is 0. The van der Waals surface area contributed by atoms with Crippen molar-refractivity contribution in [3.8, 4) is 55.6 Å². The highest BCUT2D eigenvalue weighted by molar-refractivity contribution is 6.18. The van der Waals surface area contributed by atoms with Gasteiger partial charge in [-0.2, -0.15) is 0 Å². The van der Waals surface area contributed by atoms with E-state index in [9.17, 15) is 0 Å². The van der Waals surface area contributed by atoms with Crippen LogP contribution in [0, 0.1) is 0 Å². The van der Waals surface area contributed by atoms with E-state index in [1.54, 1.807) is 0 Å². The quantitative estimate of drug-likeness (QED) is 0.257. The van der Waals surface area contributed by atoms with Crippen molar-refractivity contribution >= 4 is 21.5 Å². The summed E-state index contributed by atoms with van der Waals surface area (Å²) in [5.74, 6) is 0. The van der Waals surface area contributed by atoms with Crippen LogP contribution in [0.5, 0.6) is 0 Å². The van der Waals surface area contributed by atoms with Crippen molar-refractivity contribution in [2.45, 2.75) is 0 Å².